The van der Waals surface area contributed by atoms with Gasteiger partial charge in [-0.15, -0.1) is 0 Å². The SMILES string of the molecule is CC1c2cc3c(cc2CN1C)/C(=C/C(=O)c1ccc(C#N)cc1)NC(C)(C)C3. The van der Waals surface area contributed by atoms with Crippen LogP contribution in [0.3, 0.4) is 0 Å². The molecule has 0 fully saturated rings. The van der Waals surface area contributed by atoms with Gasteiger partial charge in [-0.1, -0.05) is 6.07 Å². The minimum Gasteiger partial charge on any atom is -0.379 e. The highest BCUT2D eigenvalue weighted by molar-refractivity contribution is 6.08. The number of hydrogen-bond acceptors (Lipinski definition) is 4. The number of nitrogens with one attached hydrogen (secondary N) is 1. The molecule has 28 heavy (non-hydrogen) atoms. The summed E-state index contributed by atoms with van der Waals surface area (Å²) in [5, 5.41) is 12.5. The van der Waals surface area contributed by atoms with Gasteiger partial charge in [0.15, 0.2) is 5.78 Å². The first-order valence-corrected chi connectivity index (χ1v) is 9.68. The van der Waals surface area contributed by atoms with Crippen LogP contribution in [0.4, 0.5) is 0 Å². The van der Waals surface area contributed by atoms with Crippen LogP contribution in [0.2, 0.25) is 0 Å². The van der Waals surface area contributed by atoms with Gasteiger partial charge in [0.2, 0.25) is 0 Å². The third kappa shape index (κ3) is 3.23. The van der Waals surface area contributed by atoms with Gasteiger partial charge in [-0.2, -0.15) is 5.26 Å². The second kappa shape index (κ2) is 6.61. The van der Waals surface area contributed by atoms with E-state index in [1.165, 1.54) is 16.7 Å². The lowest BCUT2D eigenvalue weighted by Crippen LogP contribution is -2.44. The molecule has 4 nitrogen and oxygen atoms in total. The molecule has 1 atom stereocenters. The molecule has 2 aromatic rings. The van der Waals surface area contributed by atoms with Crippen molar-refractivity contribution in [3.05, 3.63) is 75.9 Å². The number of rotatable bonds is 2. The molecule has 0 amide bonds. The molecule has 0 bridgehead atoms. The minimum atomic E-state index is -0.119. The number of benzene rings is 2. The number of carbonyl (C=O) groups excluding carboxylic acids is 1. The maximum Gasteiger partial charge on any atom is 0.187 e. The first-order chi connectivity index (χ1) is 13.3. The summed E-state index contributed by atoms with van der Waals surface area (Å²) in [4.78, 5) is 15.2. The Morgan fingerprint density at radius 2 is 1.96 bits per heavy atom. The van der Waals surface area contributed by atoms with Gasteiger partial charge >= 0.3 is 0 Å². The first kappa shape index (κ1) is 18.5. The lowest BCUT2D eigenvalue weighted by Gasteiger charge is -2.36. The van der Waals surface area contributed by atoms with Crippen LogP contribution < -0.4 is 5.32 Å². The normalized spacial score (nSPS) is 21.5. The van der Waals surface area contributed by atoms with Gasteiger partial charge in [0.25, 0.3) is 0 Å². The topological polar surface area (TPSA) is 56.1 Å². The van der Waals surface area contributed by atoms with Crippen molar-refractivity contribution in [2.75, 3.05) is 7.05 Å². The highest BCUT2D eigenvalue weighted by atomic mass is 16.1. The third-order valence-corrected chi connectivity index (χ3v) is 5.87. The van der Waals surface area contributed by atoms with Gasteiger partial charge in [0, 0.05) is 41.0 Å². The fraction of sp³-hybridized carbons (Fsp3) is 0.333. The second-order valence-electron chi connectivity index (χ2n) is 8.60. The van der Waals surface area contributed by atoms with Gasteiger partial charge in [-0.3, -0.25) is 9.69 Å². The molecule has 0 aliphatic carbocycles. The number of nitrogens with zero attached hydrogens (tertiary/aromatic N) is 2. The summed E-state index contributed by atoms with van der Waals surface area (Å²) in [7, 11) is 2.15. The molecule has 0 saturated heterocycles. The van der Waals surface area contributed by atoms with Crippen LogP contribution in [0.1, 0.15) is 65.0 Å². The molecular weight excluding hydrogens is 346 g/mol. The maximum atomic E-state index is 12.9. The highest BCUT2D eigenvalue weighted by Crippen LogP contribution is 2.38. The zero-order valence-corrected chi connectivity index (χ0v) is 16.8. The molecule has 2 heterocycles. The Morgan fingerprint density at radius 1 is 1.25 bits per heavy atom. The number of carbonyl (C=O) groups is 1. The monoisotopic (exact) mass is 371 g/mol. The van der Waals surface area contributed by atoms with Gasteiger partial charge in [-0.05, 0) is 81.3 Å². The molecule has 4 rings (SSSR count). The smallest absolute Gasteiger partial charge is 0.187 e. The van der Waals surface area contributed by atoms with Crippen molar-refractivity contribution in [3.8, 4) is 6.07 Å². The minimum absolute atomic E-state index is 0.0541. The van der Waals surface area contributed by atoms with Crippen molar-refractivity contribution < 1.29 is 4.79 Å². The Morgan fingerprint density at radius 3 is 2.64 bits per heavy atom. The van der Waals surface area contributed by atoms with Crippen molar-refractivity contribution in [2.45, 2.75) is 45.3 Å². The van der Waals surface area contributed by atoms with Crippen molar-refractivity contribution in [2.24, 2.45) is 0 Å². The first-order valence-electron chi connectivity index (χ1n) is 9.68. The van der Waals surface area contributed by atoms with Gasteiger partial charge in [0.05, 0.1) is 11.6 Å². The van der Waals surface area contributed by atoms with Crippen molar-refractivity contribution in [1.29, 1.82) is 5.26 Å². The molecule has 2 aliphatic rings. The van der Waals surface area contributed by atoms with Crippen molar-refractivity contribution >= 4 is 11.5 Å². The lowest BCUT2D eigenvalue weighted by atomic mass is 9.83. The number of fused-ring (bicyclic) bond motifs is 2. The molecular formula is C24H25N3O. The van der Waals surface area contributed by atoms with Crippen LogP contribution in [-0.2, 0) is 13.0 Å². The van der Waals surface area contributed by atoms with Crippen LogP contribution in [0.25, 0.3) is 5.70 Å². The van der Waals surface area contributed by atoms with Crippen LogP contribution in [0.15, 0.2) is 42.5 Å². The maximum absolute atomic E-state index is 12.9. The number of hydrogen-bond donors (Lipinski definition) is 1. The number of allylic oxidation sites excluding steroid dienone is 1. The van der Waals surface area contributed by atoms with E-state index < -0.39 is 0 Å². The van der Waals surface area contributed by atoms with Crippen LogP contribution in [-0.4, -0.2) is 23.3 Å². The summed E-state index contributed by atoms with van der Waals surface area (Å²) >= 11 is 0. The van der Waals surface area contributed by atoms with Crippen molar-refractivity contribution in [1.82, 2.24) is 10.2 Å². The Kier molecular flexibility index (Phi) is 4.36. The summed E-state index contributed by atoms with van der Waals surface area (Å²) in [5.41, 5.74) is 7.07. The van der Waals surface area contributed by atoms with Crippen LogP contribution in [0, 0.1) is 11.3 Å². The summed E-state index contributed by atoms with van der Waals surface area (Å²) in [6, 6.07) is 13.9. The van der Waals surface area contributed by atoms with Gasteiger partial charge in [-0.25, -0.2) is 0 Å². The van der Waals surface area contributed by atoms with Gasteiger partial charge in [0.1, 0.15) is 0 Å². The molecule has 1 unspecified atom stereocenters. The summed E-state index contributed by atoms with van der Waals surface area (Å²) in [6.45, 7) is 7.51. The van der Waals surface area contributed by atoms with E-state index in [1.807, 2.05) is 0 Å². The van der Waals surface area contributed by atoms with Crippen LogP contribution >= 0.6 is 0 Å². The van der Waals surface area contributed by atoms with Crippen LogP contribution in [0.5, 0.6) is 0 Å². The van der Waals surface area contributed by atoms with Gasteiger partial charge < -0.3 is 5.32 Å². The number of ketones is 1. The Labute approximate surface area is 166 Å². The predicted octanol–water partition coefficient (Wildman–Crippen LogP) is 4.21. The quantitative estimate of drug-likeness (QED) is 0.635. The molecule has 142 valence electrons. The van der Waals surface area contributed by atoms with Crippen molar-refractivity contribution in [3.63, 3.8) is 0 Å². The molecule has 2 aromatic carbocycles. The fourth-order valence-electron chi connectivity index (χ4n) is 4.26. The average molecular weight is 371 g/mol. The summed E-state index contributed by atoms with van der Waals surface area (Å²) in [6.07, 6.45) is 2.63. The molecule has 0 radical (unpaired) electrons. The van der Waals surface area contributed by atoms with E-state index >= 15 is 0 Å². The lowest BCUT2D eigenvalue weighted by molar-refractivity contribution is 0.104. The van der Waals surface area contributed by atoms with E-state index in [1.54, 1.807) is 30.3 Å². The second-order valence-corrected chi connectivity index (χ2v) is 8.60. The molecule has 0 spiro atoms. The zero-order valence-electron chi connectivity index (χ0n) is 16.8. The van der Waals surface area contributed by atoms with E-state index in [-0.39, 0.29) is 11.3 Å². The largest absolute Gasteiger partial charge is 0.379 e. The standard InChI is InChI=1S/C24H25N3O/c1-15-20-9-18-12-24(2,3)26-22(21(18)10-19(20)14-27(15)4)11-23(28)17-7-5-16(13-25)6-8-17/h5-11,15,26H,12,14H2,1-4H3/b22-11-. The van der Waals surface area contributed by atoms with E-state index in [0.29, 0.717) is 17.2 Å². The third-order valence-electron chi connectivity index (χ3n) is 5.87. The Balaban J connectivity index is 1.76. The molecule has 4 heteroatoms. The van der Waals surface area contributed by atoms with E-state index in [4.69, 9.17) is 5.26 Å². The molecule has 2 aliphatic heterocycles. The molecule has 1 N–H and O–H groups in total. The average Bonchev–Trinajstić information content (AvgIpc) is 2.93. The van der Waals surface area contributed by atoms with E-state index in [2.05, 4.69) is 56.2 Å². The molecule has 0 aromatic heterocycles. The summed E-state index contributed by atoms with van der Waals surface area (Å²) in [5.74, 6) is -0.0541. The van der Waals surface area contributed by atoms with E-state index in [0.717, 1.165) is 24.2 Å². The highest BCUT2D eigenvalue weighted by Gasteiger charge is 2.32. The molecule has 0 saturated carbocycles. The summed E-state index contributed by atoms with van der Waals surface area (Å²) < 4.78 is 0. The zero-order chi connectivity index (χ0) is 20.1. The Hall–Kier alpha value is -2.90. The Bertz CT molecular complexity index is 1030. The number of nitriles is 1. The fourth-order valence-corrected chi connectivity index (χ4v) is 4.26. The predicted molar refractivity (Wildman–Crippen MR) is 111 cm³/mol. The van der Waals surface area contributed by atoms with E-state index in [9.17, 15) is 4.79 Å².